The highest BCUT2D eigenvalue weighted by molar-refractivity contribution is 7.12. The topological polar surface area (TPSA) is 35.5 Å². The van der Waals surface area contributed by atoms with E-state index in [2.05, 4.69) is 13.8 Å². The molecule has 0 aliphatic carbocycles. The number of benzene rings is 1. The summed E-state index contributed by atoms with van der Waals surface area (Å²) in [4.78, 5) is 12.6. The molecule has 0 unspecified atom stereocenters. The summed E-state index contributed by atoms with van der Waals surface area (Å²) in [5.41, 5.74) is 1.16. The van der Waals surface area contributed by atoms with E-state index >= 15 is 0 Å². The Morgan fingerprint density at radius 3 is 2.65 bits per heavy atom. The minimum Gasteiger partial charge on any atom is -0.490 e. The van der Waals surface area contributed by atoms with Crippen molar-refractivity contribution in [3.63, 3.8) is 0 Å². The molecule has 106 valence electrons. The zero-order valence-electron chi connectivity index (χ0n) is 11.9. The van der Waals surface area contributed by atoms with Crippen LogP contribution < -0.4 is 9.47 Å². The quantitative estimate of drug-likeness (QED) is 0.601. The summed E-state index contributed by atoms with van der Waals surface area (Å²) >= 11 is 1.36. The Balaban J connectivity index is 2.24. The molecule has 1 aromatic carbocycles. The van der Waals surface area contributed by atoms with Crippen molar-refractivity contribution in [1.82, 2.24) is 0 Å². The largest absolute Gasteiger partial charge is 0.490 e. The van der Waals surface area contributed by atoms with Crippen LogP contribution in [0.3, 0.4) is 0 Å². The second kappa shape index (κ2) is 6.57. The van der Waals surface area contributed by atoms with Gasteiger partial charge in [-0.1, -0.05) is 26.0 Å². The number of rotatable bonds is 5. The molecule has 0 aliphatic rings. The van der Waals surface area contributed by atoms with Crippen molar-refractivity contribution in [2.45, 2.75) is 26.7 Å². The zero-order chi connectivity index (χ0) is 14.5. The second-order valence-corrected chi connectivity index (χ2v) is 5.61. The normalized spacial score (nSPS) is 10.6. The molecule has 0 aliphatic heterocycles. The van der Waals surface area contributed by atoms with E-state index in [4.69, 9.17) is 9.47 Å². The molecule has 0 fully saturated rings. The number of carbonyl (C=O) groups excluding carboxylic acids is 1. The third-order valence-electron chi connectivity index (χ3n) is 2.86. The van der Waals surface area contributed by atoms with Gasteiger partial charge in [-0.05, 0) is 42.0 Å². The number of esters is 1. The van der Waals surface area contributed by atoms with Gasteiger partial charge in [0.25, 0.3) is 0 Å². The average Bonchev–Trinajstić information content (AvgIpc) is 2.94. The first-order valence-electron chi connectivity index (χ1n) is 6.64. The lowest BCUT2D eigenvalue weighted by atomic mass is 10.0. The Morgan fingerprint density at radius 1 is 1.25 bits per heavy atom. The summed E-state index contributed by atoms with van der Waals surface area (Å²) in [7, 11) is 0. The summed E-state index contributed by atoms with van der Waals surface area (Å²) in [6.45, 7) is 6.67. The highest BCUT2D eigenvalue weighted by Crippen LogP contribution is 2.32. The maximum absolute atomic E-state index is 12.0. The smallest absolute Gasteiger partial charge is 0.353 e. The van der Waals surface area contributed by atoms with Gasteiger partial charge >= 0.3 is 5.97 Å². The van der Waals surface area contributed by atoms with Crippen LogP contribution in [0.5, 0.6) is 11.5 Å². The molecule has 0 radical (unpaired) electrons. The summed E-state index contributed by atoms with van der Waals surface area (Å²) in [6, 6.07) is 9.27. The molecule has 0 saturated heterocycles. The minimum atomic E-state index is -0.349. The molecular weight excluding hydrogens is 272 g/mol. The lowest BCUT2D eigenvalue weighted by Crippen LogP contribution is -2.08. The number of ether oxygens (including phenoxy) is 2. The lowest BCUT2D eigenvalue weighted by molar-refractivity contribution is 0.0733. The van der Waals surface area contributed by atoms with Crippen molar-refractivity contribution in [1.29, 1.82) is 0 Å². The maximum Gasteiger partial charge on any atom is 0.353 e. The van der Waals surface area contributed by atoms with Crippen LogP contribution in [-0.2, 0) is 0 Å². The van der Waals surface area contributed by atoms with Gasteiger partial charge in [0.05, 0.1) is 6.61 Å². The Labute approximate surface area is 123 Å². The number of thiophene rings is 1. The van der Waals surface area contributed by atoms with Gasteiger partial charge in [0.15, 0.2) is 11.5 Å². The predicted molar refractivity (Wildman–Crippen MR) is 81.0 cm³/mol. The fourth-order valence-corrected chi connectivity index (χ4v) is 2.38. The monoisotopic (exact) mass is 290 g/mol. The van der Waals surface area contributed by atoms with Crippen LogP contribution in [0.25, 0.3) is 0 Å². The van der Waals surface area contributed by atoms with Gasteiger partial charge in [-0.3, -0.25) is 0 Å². The van der Waals surface area contributed by atoms with Gasteiger partial charge in [-0.15, -0.1) is 11.3 Å². The maximum atomic E-state index is 12.0. The lowest BCUT2D eigenvalue weighted by Gasteiger charge is -2.13. The molecule has 2 rings (SSSR count). The summed E-state index contributed by atoms with van der Waals surface area (Å²) in [5, 5.41) is 1.85. The van der Waals surface area contributed by atoms with E-state index in [0.717, 1.165) is 5.56 Å². The van der Waals surface area contributed by atoms with E-state index in [-0.39, 0.29) is 5.97 Å². The molecular formula is C16H18O3S. The molecule has 0 bridgehead atoms. The first-order valence-corrected chi connectivity index (χ1v) is 7.52. The molecule has 20 heavy (non-hydrogen) atoms. The van der Waals surface area contributed by atoms with Gasteiger partial charge in [-0.2, -0.15) is 0 Å². The Kier molecular flexibility index (Phi) is 4.79. The third kappa shape index (κ3) is 3.39. The number of carbonyl (C=O) groups is 1. The van der Waals surface area contributed by atoms with E-state index in [1.54, 1.807) is 12.1 Å². The molecule has 2 aromatic rings. The van der Waals surface area contributed by atoms with Crippen molar-refractivity contribution < 1.29 is 14.3 Å². The van der Waals surface area contributed by atoms with Crippen molar-refractivity contribution in [3.05, 3.63) is 46.2 Å². The van der Waals surface area contributed by atoms with Gasteiger partial charge < -0.3 is 9.47 Å². The van der Waals surface area contributed by atoms with Crippen LogP contribution in [-0.4, -0.2) is 12.6 Å². The van der Waals surface area contributed by atoms with Crippen molar-refractivity contribution in [2.75, 3.05) is 6.61 Å². The highest BCUT2D eigenvalue weighted by atomic mass is 32.1. The molecule has 1 aromatic heterocycles. The highest BCUT2D eigenvalue weighted by Gasteiger charge is 2.14. The van der Waals surface area contributed by atoms with Crippen LogP contribution in [0.15, 0.2) is 35.7 Å². The van der Waals surface area contributed by atoms with Crippen LogP contribution >= 0.6 is 11.3 Å². The van der Waals surface area contributed by atoms with E-state index in [0.29, 0.717) is 28.9 Å². The van der Waals surface area contributed by atoms with Crippen molar-refractivity contribution in [2.24, 2.45) is 0 Å². The van der Waals surface area contributed by atoms with Crippen LogP contribution in [0, 0.1) is 0 Å². The number of hydrogen-bond donors (Lipinski definition) is 0. The first-order chi connectivity index (χ1) is 9.61. The molecule has 0 atom stereocenters. The summed E-state index contributed by atoms with van der Waals surface area (Å²) in [6.07, 6.45) is 0. The van der Waals surface area contributed by atoms with E-state index in [1.807, 2.05) is 30.5 Å². The SMILES string of the molecule is CCOc1cc(C(C)C)ccc1OC(=O)c1cccs1. The van der Waals surface area contributed by atoms with Crippen molar-refractivity contribution >= 4 is 17.3 Å². The van der Waals surface area contributed by atoms with Gasteiger partial charge in [0, 0.05) is 0 Å². The van der Waals surface area contributed by atoms with Gasteiger partial charge in [0.2, 0.25) is 0 Å². The Morgan fingerprint density at radius 2 is 2.05 bits per heavy atom. The zero-order valence-corrected chi connectivity index (χ0v) is 12.7. The second-order valence-electron chi connectivity index (χ2n) is 4.66. The van der Waals surface area contributed by atoms with Crippen LogP contribution in [0.1, 0.15) is 41.9 Å². The summed E-state index contributed by atoms with van der Waals surface area (Å²) < 4.78 is 11.0. The van der Waals surface area contributed by atoms with E-state index in [9.17, 15) is 4.79 Å². The Bertz CT molecular complexity index is 573. The Hall–Kier alpha value is -1.81. The fourth-order valence-electron chi connectivity index (χ4n) is 1.78. The predicted octanol–water partition coefficient (Wildman–Crippen LogP) is 4.49. The van der Waals surface area contributed by atoms with E-state index < -0.39 is 0 Å². The van der Waals surface area contributed by atoms with Gasteiger partial charge in [0.1, 0.15) is 4.88 Å². The minimum absolute atomic E-state index is 0.349. The standard InChI is InChI=1S/C16H18O3S/c1-4-18-14-10-12(11(2)3)7-8-13(14)19-16(17)15-6-5-9-20-15/h5-11H,4H2,1-3H3. The van der Waals surface area contributed by atoms with Crippen LogP contribution in [0.4, 0.5) is 0 Å². The summed E-state index contributed by atoms with van der Waals surface area (Å²) in [5.74, 6) is 1.13. The fraction of sp³-hybridized carbons (Fsp3) is 0.312. The van der Waals surface area contributed by atoms with Crippen molar-refractivity contribution in [3.8, 4) is 11.5 Å². The molecule has 0 amide bonds. The molecule has 4 heteroatoms. The average molecular weight is 290 g/mol. The molecule has 1 heterocycles. The number of hydrogen-bond acceptors (Lipinski definition) is 4. The third-order valence-corrected chi connectivity index (χ3v) is 3.71. The molecule has 0 N–H and O–H groups in total. The molecule has 3 nitrogen and oxygen atoms in total. The molecule has 0 spiro atoms. The first kappa shape index (κ1) is 14.6. The van der Waals surface area contributed by atoms with Crippen LogP contribution in [0.2, 0.25) is 0 Å². The molecule has 0 saturated carbocycles. The van der Waals surface area contributed by atoms with Gasteiger partial charge in [-0.25, -0.2) is 4.79 Å². The van der Waals surface area contributed by atoms with E-state index in [1.165, 1.54) is 11.3 Å².